The fraction of sp³-hybridized carbons (Fsp3) is 0.500. The molecule has 0 aromatic heterocycles. The van der Waals surface area contributed by atoms with Gasteiger partial charge in [0.2, 0.25) is 5.91 Å². The summed E-state index contributed by atoms with van der Waals surface area (Å²) in [5.74, 6) is -0.136. The van der Waals surface area contributed by atoms with Crippen LogP contribution in [-0.2, 0) is 11.3 Å². The van der Waals surface area contributed by atoms with Crippen LogP contribution in [0.25, 0.3) is 0 Å². The van der Waals surface area contributed by atoms with Crippen LogP contribution in [0, 0.1) is 11.7 Å². The fourth-order valence-corrected chi connectivity index (χ4v) is 2.06. The van der Waals surface area contributed by atoms with E-state index in [9.17, 15) is 9.18 Å². The molecule has 1 aromatic rings. The van der Waals surface area contributed by atoms with E-state index < -0.39 is 0 Å². The average molecular weight is 270 g/mol. The minimum Gasteiger partial charge on any atom is -0.335 e. The number of carbonyl (C=O) groups excluding carboxylic acids is 1. The molecule has 1 saturated carbocycles. The maximum absolute atomic E-state index is 13.6. The zero-order valence-electron chi connectivity index (χ0n) is 10.4. The van der Waals surface area contributed by atoms with Gasteiger partial charge in [0, 0.05) is 29.9 Å². The molecule has 18 heavy (non-hydrogen) atoms. The van der Waals surface area contributed by atoms with Gasteiger partial charge in [0.15, 0.2) is 0 Å². The summed E-state index contributed by atoms with van der Waals surface area (Å²) in [6, 6.07) is 6.87. The van der Waals surface area contributed by atoms with Crippen molar-refractivity contribution in [2.45, 2.75) is 32.4 Å². The topological polar surface area (TPSA) is 20.3 Å². The van der Waals surface area contributed by atoms with E-state index in [0.717, 1.165) is 12.8 Å². The summed E-state index contributed by atoms with van der Waals surface area (Å²) < 4.78 is 13.6. The third kappa shape index (κ3) is 3.02. The third-order valence-electron chi connectivity index (χ3n) is 3.22. The Balaban J connectivity index is 2.12. The van der Waals surface area contributed by atoms with E-state index in [4.69, 9.17) is 11.6 Å². The molecule has 0 heterocycles. The second-order valence-electron chi connectivity index (χ2n) is 4.84. The molecular weight excluding hydrogens is 253 g/mol. The second-order valence-corrected chi connectivity index (χ2v) is 5.15. The molecule has 2 rings (SSSR count). The number of rotatable bonds is 5. The number of halogens is 2. The van der Waals surface area contributed by atoms with Crippen LogP contribution in [-0.4, -0.2) is 22.7 Å². The fourth-order valence-electron chi connectivity index (χ4n) is 1.93. The highest BCUT2D eigenvalue weighted by Gasteiger charge is 2.34. The van der Waals surface area contributed by atoms with E-state index in [1.54, 1.807) is 23.1 Å². The molecule has 1 aromatic carbocycles. The molecule has 1 aliphatic rings. The maximum Gasteiger partial charge on any atom is 0.227 e. The van der Waals surface area contributed by atoms with E-state index in [2.05, 4.69) is 0 Å². The first kappa shape index (κ1) is 13.3. The van der Waals surface area contributed by atoms with Crippen molar-refractivity contribution in [3.63, 3.8) is 0 Å². The average Bonchev–Trinajstić information content (AvgIpc) is 3.20. The summed E-state index contributed by atoms with van der Waals surface area (Å²) in [5, 5.41) is 0. The molecule has 0 saturated heterocycles. The molecular formula is C14H17ClFNO. The monoisotopic (exact) mass is 269 g/mol. The van der Waals surface area contributed by atoms with Crippen LogP contribution in [0.2, 0.25) is 0 Å². The number of amides is 1. The predicted molar refractivity (Wildman–Crippen MR) is 69.9 cm³/mol. The van der Waals surface area contributed by atoms with Crippen molar-refractivity contribution in [3.05, 3.63) is 35.6 Å². The first-order valence-corrected chi connectivity index (χ1v) is 6.76. The zero-order chi connectivity index (χ0) is 13.1. The van der Waals surface area contributed by atoms with Crippen LogP contribution >= 0.6 is 11.6 Å². The van der Waals surface area contributed by atoms with Gasteiger partial charge in [-0.15, -0.1) is 11.6 Å². The number of hydrogen-bond acceptors (Lipinski definition) is 1. The molecule has 0 bridgehead atoms. The van der Waals surface area contributed by atoms with Crippen LogP contribution < -0.4 is 0 Å². The number of nitrogens with zero attached hydrogens (tertiary/aromatic N) is 1. The van der Waals surface area contributed by atoms with Crippen molar-refractivity contribution in [2.24, 2.45) is 5.92 Å². The molecule has 1 unspecified atom stereocenters. The molecule has 0 radical (unpaired) electrons. The van der Waals surface area contributed by atoms with Crippen molar-refractivity contribution in [1.82, 2.24) is 4.90 Å². The van der Waals surface area contributed by atoms with Crippen LogP contribution in [0.1, 0.15) is 25.3 Å². The van der Waals surface area contributed by atoms with Crippen LogP contribution in [0.3, 0.4) is 0 Å². The molecule has 0 N–H and O–H groups in total. The summed E-state index contributed by atoms with van der Waals surface area (Å²) >= 11 is 5.73. The molecule has 1 aliphatic carbocycles. The molecule has 0 aliphatic heterocycles. The normalized spacial score (nSPS) is 16.4. The Kier molecular flexibility index (Phi) is 4.23. The van der Waals surface area contributed by atoms with Crippen LogP contribution in [0.4, 0.5) is 4.39 Å². The van der Waals surface area contributed by atoms with Gasteiger partial charge in [0.1, 0.15) is 5.82 Å². The third-order valence-corrected chi connectivity index (χ3v) is 3.69. The Hall–Kier alpha value is -1.09. The van der Waals surface area contributed by atoms with Gasteiger partial charge in [-0.3, -0.25) is 4.79 Å². The Morgan fingerprint density at radius 1 is 1.50 bits per heavy atom. The Morgan fingerprint density at radius 2 is 2.17 bits per heavy atom. The Labute approximate surface area is 112 Å². The van der Waals surface area contributed by atoms with E-state index in [0.29, 0.717) is 18.0 Å². The quantitative estimate of drug-likeness (QED) is 0.752. The lowest BCUT2D eigenvalue weighted by atomic mass is 10.1. The van der Waals surface area contributed by atoms with Crippen LogP contribution in [0.15, 0.2) is 24.3 Å². The number of hydrogen-bond donors (Lipinski definition) is 0. The van der Waals surface area contributed by atoms with Crippen molar-refractivity contribution < 1.29 is 9.18 Å². The zero-order valence-corrected chi connectivity index (χ0v) is 11.2. The molecule has 2 nitrogen and oxygen atoms in total. The standard InChI is InChI=1S/C14H17ClFNO/c1-10(8-15)14(18)17(12-6-7-12)9-11-4-2-3-5-13(11)16/h2-5,10,12H,6-9H2,1H3. The van der Waals surface area contributed by atoms with Gasteiger partial charge < -0.3 is 4.90 Å². The number of carbonyl (C=O) groups is 1. The van der Waals surface area contributed by atoms with Gasteiger partial charge in [-0.2, -0.15) is 0 Å². The highest BCUT2D eigenvalue weighted by Crippen LogP contribution is 2.30. The Bertz CT molecular complexity index is 434. The highest BCUT2D eigenvalue weighted by molar-refractivity contribution is 6.19. The van der Waals surface area contributed by atoms with Gasteiger partial charge in [-0.1, -0.05) is 25.1 Å². The van der Waals surface area contributed by atoms with Crippen molar-refractivity contribution in [1.29, 1.82) is 0 Å². The summed E-state index contributed by atoms with van der Waals surface area (Å²) in [6.45, 7) is 2.16. The van der Waals surface area contributed by atoms with Gasteiger partial charge in [-0.05, 0) is 18.9 Å². The van der Waals surface area contributed by atoms with E-state index >= 15 is 0 Å². The first-order chi connectivity index (χ1) is 8.63. The van der Waals surface area contributed by atoms with Gasteiger partial charge in [-0.25, -0.2) is 4.39 Å². The number of benzene rings is 1. The van der Waals surface area contributed by atoms with E-state index in [1.165, 1.54) is 6.07 Å². The lowest BCUT2D eigenvalue weighted by Gasteiger charge is -2.25. The van der Waals surface area contributed by atoms with Gasteiger partial charge >= 0.3 is 0 Å². The Morgan fingerprint density at radius 3 is 2.72 bits per heavy atom. The lowest BCUT2D eigenvalue weighted by Crippen LogP contribution is -2.37. The summed E-state index contributed by atoms with van der Waals surface area (Å²) in [4.78, 5) is 14.0. The molecule has 1 fully saturated rings. The SMILES string of the molecule is CC(CCl)C(=O)N(Cc1ccccc1F)C1CC1. The largest absolute Gasteiger partial charge is 0.335 e. The second kappa shape index (κ2) is 5.70. The smallest absolute Gasteiger partial charge is 0.227 e. The minimum atomic E-state index is -0.255. The minimum absolute atomic E-state index is 0.0238. The van der Waals surface area contributed by atoms with Gasteiger partial charge in [0.05, 0.1) is 0 Å². The van der Waals surface area contributed by atoms with Crippen molar-refractivity contribution in [3.8, 4) is 0 Å². The summed E-state index contributed by atoms with van der Waals surface area (Å²) in [7, 11) is 0. The summed E-state index contributed by atoms with van der Waals surface area (Å²) in [6.07, 6.45) is 2.02. The summed E-state index contributed by atoms with van der Waals surface area (Å²) in [5.41, 5.74) is 0.569. The molecule has 1 amide bonds. The van der Waals surface area contributed by atoms with E-state index in [1.807, 2.05) is 6.92 Å². The first-order valence-electron chi connectivity index (χ1n) is 6.23. The van der Waals surface area contributed by atoms with Crippen molar-refractivity contribution in [2.75, 3.05) is 5.88 Å². The molecule has 98 valence electrons. The lowest BCUT2D eigenvalue weighted by molar-refractivity contribution is -0.135. The van der Waals surface area contributed by atoms with Crippen LogP contribution in [0.5, 0.6) is 0 Å². The van der Waals surface area contributed by atoms with E-state index in [-0.39, 0.29) is 23.7 Å². The molecule has 0 spiro atoms. The molecule has 4 heteroatoms. The predicted octanol–water partition coefficient (Wildman–Crippen LogP) is 3.19. The van der Waals surface area contributed by atoms with Crippen molar-refractivity contribution >= 4 is 17.5 Å². The highest BCUT2D eigenvalue weighted by atomic mass is 35.5. The number of alkyl halides is 1. The maximum atomic E-state index is 13.6. The van der Waals surface area contributed by atoms with Gasteiger partial charge in [0.25, 0.3) is 0 Å². The molecule has 1 atom stereocenters.